The van der Waals surface area contributed by atoms with Crippen LogP contribution in [0.3, 0.4) is 0 Å². The zero-order valence-corrected chi connectivity index (χ0v) is 11.1. The molecule has 92 valence electrons. The van der Waals surface area contributed by atoms with E-state index in [4.69, 9.17) is 12.2 Å². The molecule has 2 N–H and O–H groups in total. The normalized spacial score (nSPS) is 14.3. The first kappa shape index (κ1) is 11.6. The fourth-order valence-electron chi connectivity index (χ4n) is 2.30. The SMILES string of the molecule is Cc1cccc(-c2nc(=S)c3c([nH]2)CCNC3)c1. The van der Waals surface area contributed by atoms with Crippen molar-refractivity contribution in [1.29, 1.82) is 0 Å². The van der Waals surface area contributed by atoms with Crippen molar-refractivity contribution < 1.29 is 0 Å². The minimum atomic E-state index is 0.715. The maximum absolute atomic E-state index is 5.39. The van der Waals surface area contributed by atoms with Gasteiger partial charge in [-0.15, -0.1) is 0 Å². The topological polar surface area (TPSA) is 40.7 Å². The number of H-pyrrole nitrogens is 1. The van der Waals surface area contributed by atoms with Crippen molar-refractivity contribution in [2.75, 3.05) is 6.54 Å². The molecule has 4 heteroatoms. The third-order valence-corrected chi connectivity index (χ3v) is 3.59. The van der Waals surface area contributed by atoms with Crippen LogP contribution in [0.1, 0.15) is 16.8 Å². The van der Waals surface area contributed by atoms with Crippen LogP contribution >= 0.6 is 12.2 Å². The van der Waals surface area contributed by atoms with Gasteiger partial charge in [-0.25, -0.2) is 4.98 Å². The van der Waals surface area contributed by atoms with E-state index in [0.717, 1.165) is 36.5 Å². The summed E-state index contributed by atoms with van der Waals surface area (Å²) in [4.78, 5) is 7.95. The Kier molecular flexibility index (Phi) is 2.97. The highest BCUT2D eigenvalue weighted by atomic mass is 32.1. The second-order valence-electron chi connectivity index (χ2n) is 4.64. The van der Waals surface area contributed by atoms with Gasteiger partial charge in [0.1, 0.15) is 10.5 Å². The van der Waals surface area contributed by atoms with Crippen LogP contribution in [-0.2, 0) is 13.0 Å². The summed E-state index contributed by atoms with van der Waals surface area (Å²) in [6, 6.07) is 8.32. The summed E-state index contributed by atoms with van der Waals surface area (Å²) in [7, 11) is 0. The largest absolute Gasteiger partial charge is 0.343 e. The van der Waals surface area contributed by atoms with Gasteiger partial charge in [-0.3, -0.25) is 0 Å². The van der Waals surface area contributed by atoms with Crippen molar-refractivity contribution in [3.8, 4) is 11.4 Å². The molecule has 18 heavy (non-hydrogen) atoms. The molecule has 1 aliphatic rings. The lowest BCUT2D eigenvalue weighted by Crippen LogP contribution is -2.25. The van der Waals surface area contributed by atoms with E-state index in [-0.39, 0.29) is 0 Å². The van der Waals surface area contributed by atoms with Crippen molar-refractivity contribution in [3.05, 3.63) is 45.7 Å². The maximum atomic E-state index is 5.39. The fourth-order valence-corrected chi connectivity index (χ4v) is 2.58. The summed E-state index contributed by atoms with van der Waals surface area (Å²) in [6.45, 7) is 3.90. The summed E-state index contributed by atoms with van der Waals surface area (Å²) in [5.74, 6) is 0.879. The van der Waals surface area contributed by atoms with Crippen LogP contribution in [0.4, 0.5) is 0 Å². The predicted molar refractivity (Wildman–Crippen MR) is 75.0 cm³/mol. The van der Waals surface area contributed by atoms with Crippen LogP contribution in [0.25, 0.3) is 11.4 Å². The Labute approximate surface area is 111 Å². The van der Waals surface area contributed by atoms with E-state index in [2.05, 4.69) is 40.4 Å². The van der Waals surface area contributed by atoms with Gasteiger partial charge >= 0.3 is 0 Å². The molecule has 1 aromatic heterocycles. The van der Waals surface area contributed by atoms with Gasteiger partial charge in [0, 0.05) is 36.3 Å². The van der Waals surface area contributed by atoms with Crippen molar-refractivity contribution in [2.45, 2.75) is 19.9 Å². The van der Waals surface area contributed by atoms with E-state index in [1.165, 1.54) is 11.3 Å². The molecule has 1 aromatic carbocycles. The Morgan fingerprint density at radius 3 is 3.06 bits per heavy atom. The first-order valence-corrected chi connectivity index (χ1v) is 6.55. The molecule has 0 radical (unpaired) electrons. The van der Waals surface area contributed by atoms with E-state index < -0.39 is 0 Å². The summed E-state index contributed by atoms with van der Waals surface area (Å²) in [5.41, 5.74) is 4.70. The molecule has 3 rings (SSSR count). The molecule has 0 bridgehead atoms. The van der Waals surface area contributed by atoms with Crippen LogP contribution in [0.15, 0.2) is 24.3 Å². The Hall–Kier alpha value is -1.52. The van der Waals surface area contributed by atoms with Crippen LogP contribution < -0.4 is 5.32 Å². The number of benzene rings is 1. The lowest BCUT2D eigenvalue weighted by molar-refractivity contribution is 0.624. The number of hydrogen-bond acceptors (Lipinski definition) is 3. The third kappa shape index (κ3) is 2.09. The Balaban J connectivity index is 2.14. The van der Waals surface area contributed by atoms with Gasteiger partial charge in [0.25, 0.3) is 0 Å². The highest BCUT2D eigenvalue weighted by Crippen LogP contribution is 2.20. The zero-order valence-electron chi connectivity index (χ0n) is 10.3. The van der Waals surface area contributed by atoms with Gasteiger partial charge in [0.2, 0.25) is 0 Å². The smallest absolute Gasteiger partial charge is 0.139 e. The van der Waals surface area contributed by atoms with Gasteiger partial charge in [0.15, 0.2) is 0 Å². The van der Waals surface area contributed by atoms with E-state index in [0.29, 0.717) is 4.64 Å². The molecular formula is C14H15N3S. The molecule has 0 atom stereocenters. The molecule has 0 unspecified atom stereocenters. The molecule has 0 fully saturated rings. The van der Waals surface area contributed by atoms with Crippen LogP contribution in [-0.4, -0.2) is 16.5 Å². The van der Waals surface area contributed by atoms with E-state index in [1.807, 2.05) is 6.07 Å². The molecule has 0 aliphatic carbocycles. The highest BCUT2D eigenvalue weighted by Gasteiger charge is 2.13. The number of aromatic nitrogens is 2. The lowest BCUT2D eigenvalue weighted by Gasteiger charge is -2.17. The standard InChI is InChI=1S/C14H15N3S/c1-9-3-2-4-10(7-9)13-16-12-5-6-15-8-11(12)14(18)17-13/h2-4,7,15H,5-6,8H2,1H3,(H,16,17,18). The van der Waals surface area contributed by atoms with Crippen LogP contribution in [0.5, 0.6) is 0 Å². The number of nitrogens with one attached hydrogen (secondary N) is 2. The average Bonchev–Trinajstić information content (AvgIpc) is 2.39. The summed E-state index contributed by atoms with van der Waals surface area (Å²) < 4.78 is 0.715. The summed E-state index contributed by atoms with van der Waals surface area (Å²) >= 11 is 5.39. The second-order valence-corrected chi connectivity index (χ2v) is 5.03. The summed E-state index contributed by atoms with van der Waals surface area (Å²) in [6.07, 6.45) is 0.986. The molecule has 2 heterocycles. The Morgan fingerprint density at radius 2 is 2.22 bits per heavy atom. The second kappa shape index (κ2) is 4.63. The first-order valence-electron chi connectivity index (χ1n) is 6.14. The predicted octanol–water partition coefficient (Wildman–Crippen LogP) is 2.76. The van der Waals surface area contributed by atoms with Crippen molar-refractivity contribution in [2.24, 2.45) is 0 Å². The summed E-state index contributed by atoms with van der Waals surface area (Å²) in [5, 5.41) is 3.32. The molecule has 3 nitrogen and oxygen atoms in total. The van der Waals surface area contributed by atoms with E-state index >= 15 is 0 Å². The average molecular weight is 257 g/mol. The quantitative estimate of drug-likeness (QED) is 0.772. The number of aryl methyl sites for hydroxylation is 1. The molecular weight excluding hydrogens is 242 g/mol. The van der Waals surface area contributed by atoms with Crippen molar-refractivity contribution in [3.63, 3.8) is 0 Å². The van der Waals surface area contributed by atoms with E-state index in [1.54, 1.807) is 0 Å². The molecule has 2 aromatic rings. The first-order chi connectivity index (χ1) is 8.74. The Morgan fingerprint density at radius 1 is 1.33 bits per heavy atom. The fraction of sp³-hybridized carbons (Fsp3) is 0.286. The van der Waals surface area contributed by atoms with Gasteiger partial charge in [-0.2, -0.15) is 0 Å². The van der Waals surface area contributed by atoms with E-state index in [9.17, 15) is 0 Å². The maximum Gasteiger partial charge on any atom is 0.139 e. The molecule has 0 spiro atoms. The lowest BCUT2D eigenvalue weighted by atomic mass is 10.1. The third-order valence-electron chi connectivity index (χ3n) is 3.25. The van der Waals surface area contributed by atoms with Gasteiger partial charge in [-0.05, 0) is 13.0 Å². The minimum Gasteiger partial charge on any atom is -0.343 e. The van der Waals surface area contributed by atoms with Gasteiger partial charge in [-0.1, -0.05) is 36.0 Å². The number of hydrogen-bond donors (Lipinski definition) is 2. The Bertz CT molecular complexity index is 646. The molecule has 0 saturated carbocycles. The van der Waals surface area contributed by atoms with Crippen molar-refractivity contribution >= 4 is 12.2 Å². The van der Waals surface area contributed by atoms with Gasteiger partial charge in [0.05, 0.1) is 0 Å². The zero-order chi connectivity index (χ0) is 12.5. The number of aromatic amines is 1. The monoisotopic (exact) mass is 257 g/mol. The molecule has 1 aliphatic heterocycles. The number of nitrogens with zero attached hydrogens (tertiary/aromatic N) is 1. The highest BCUT2D eigenvalue weighted by molar-refractivity contribution is 7.71. The number of fused-ring (bicyclic) bond motifs is 1. The van der Waals surface area contributed by atoms with Crippen LogP contribution in [0.2, 0.25) is 0 Å². The van der Waals surface area contributed by atoms with Gasteiger partial charge < -0.3 is 10.3 Å². The minimum absolute atomic E-state index is 0.715. The molecule has 0 amide bonds. The molecule has 0 saturated heterocycles. The van der Waals surface area contributed by atoms with Crippen molar-refractivity contribution in [1.82, 2.24) is 15.3 Å². The number of rotatable bonds is 1. The van der Waals surface area contributed by atoms with Crippen LogP contribution in [0, 0.1) is 11.6 Å².